The number of sulfonamides is 1. The molecule has 1 aromatic heterocycles. The maximum Gasteiger partial charge on any atom is 0.263 e. The molecule has 0 aliphatic rings. The van der Waals surface area contributed by atoms with E-state index in [-0.39, 0.29) is 10.6 Å². The van der Waals surface area contributed by atoms with Crippen LogP contribution in [0.3, 0.4) is 0 Å². The lowest BCUT2D eigenvalue weighted by molar-refractivity contribution is 0.467. The number of pyridine rings is 1. The van der Waals surface area contributed by atoms with Crippen molar-refractivity contribution in [3.8, 4) is 5.75 Å². The highest BCUT2D eigenvalue weighted by Crippen LogP contribution is 2.29. The first-order valence-corrected chi connectivity index (χ1v) is 8.01. The fraction of sp³-hybridized carbons (Fsp3) is 0.154. The Hall–Kier alpha value is -1.60. The summed E-state index contributed by atoms with van der Waals surface area (Å²) in [7, 11) is -3.74. The molecule has 0 saturated carbocycles. The van der Waals surface area contributed by atoms with E-state index in [0.29, 0.717) is 21.3 Å². The molecule has 1 heterocycles. The number of aryl methyl sites for hydroxylation is 1. The van der Waals surface area contributed by atoms with Crippen LogP contribution in [-0.2, 0) is 10.0 Å². The fourth-order valence-corrected chi connectivity index (χ4v) is 3.32. The number of halogens is 1. The van der Waals surface area contributed by atoms with Gasteiger partial charge in [-0.2, -0.15) is 0 Å². The van der Waals surface area contributed by atoms with E-state index in [0.717, 1.165) is 0 Å². The summed E-state index contributed by atoms with van der Waals surface area (Å²) in [5.74, 6) is 0.0811. The molecule has 106 valence electrons. The van der Waals surface area contributed by atoms with Gasteiger partial charge in [0.1, 0.15) is 10.6 Å². The predicted octanol–water partition coefficient (Wildman–Crippen LogP) is 2.97. The third-order valence-electron chi connectivity index (χ3n) is 2.87. The van der Waals surface area contributed by atoms with Gasteiger partial charge in [0.25, 0.3) is 10.0 Å². The molecule has 1 aromatic carbocycles. The number of hydrogen-bond donors (Lipinski definition) is 2. The number of nitrogens with zero attached hydrogens (tertiary/aromatic N) is 1. The lowest BCUT2D eigenvalue weighted by atomic mass is 10.1. The predicted molar refractivity (Wildman–Crippen MR) is 80.3 cm³/mol. The zero-order valence-electron chi connectivity index (χ0n) is 10.9. The Morgan fingerprint density at radius 3 is 2.60 bits per heavy atom. The lowest BCUT2D eigenvalue weighted by Crippen LogP contribution is -2.14. The first-order valence-electron chi connectivity index (χ1n) is 5.74. The molecule has 7 heteroatoms. The van der Waals surface area contributed by atoms with Crippen molar-refractivity contribution in [3.05, 3.63) is 46.2 Å². The summed E-state index contributed by atoms with van der Waals surface area (Å²) in [6.07, 6.45) is 2.76. The molecule has 0 amide bonds. The van der Waals surface area contributed by atoms with Crippen LogP contribution in [0.2, 0.25) is 0 Å². The van der Waals surface area contributed by atoms with Gasteiger partial charge in [-0.25, -0.2) is 8.42 Å². The first kappa shape index (κ1) is 14.8. The molecule has 5 nitrogen and oxygen atoms in total. The average Bonchev–Trinajstić information content (AvgIpc) is 2.39. The van der Waals surface area contributed by atoms with Gasteiger partial charge in [0.05, 0.1) is 5.69 Å². The maximum absolute atomic E-state index is 12.2. The minimum Gasteiger partial charge on any atom is -0.507 e. The van der Waals surface area contributed by atoms with E-state index in [4.69, 9.17) is 0 Å². The second-order valence-corrected chi connectivity index (χ2v) is 6.95. The van der Waals surface area contributed by atoms with Gasteiger partial charge in [-0.15, -0.1) is 0 Å². The highest BCUT2D eigenvalue weighted by atomic mass is 79.9. The number of phenolic OH excluding ortho intramolecular Hbond substituents is 1. The average molecular weight is 357 g/mol. The van der Waals surface area contributed by atoms with Gasteiger partial charge in [-0.3, -0.25) is 9.71 Å². The molecule has 0 unspecified atom stereocenters. The molecule has 2 N–H and O–H groups in total. The summed E-state index contributed by atoms with van der Waals surface area (Å²) in [5, 5.41) is 9.84. The van der Waals surface area contributed by atoms with Gasteiger partial charge in [-0.1, -0.05) is 6.07 Å². The third-order valence-corrected chi connectivity index (χ3v) is 4.63. The zero-order valence-corrected chi connectivity index (χ0v) is 13.3. The largest absolute Gasteiger partial charge is 0.507 e. The Bertz CT molecular complexity index is 760. The second-order valence-electron chi connectivity index (χ2n) is 4.35. The van der Waals surface area contributed by atoms with Gasteiger partial charge < -0.3 is 5.11 Å². The zero-order chi connectivity index (χ0) is 14.9. The molecular formula is C13H13BrN2O3S. The smallest absolute Gasteiger partial charge is 0.263 e. The van der Waals surface area contributed by atoms with E-state index in [1.54, 1.807) is 26.0 Å². The van der Waals surface area contributed by atoms with E-state index in [1.807, 2.05) is 0 Å². The molecule has 0 bridgehead atoms. The summed E-state index contributed by atoms with van der Waals surface area (Å²) >= 11 is 3.18. The molecule has 0 aliphatic heterocycles. The van der Waals surface area contributed by atoms with Crippen molar-refractivity contribution < 1.29 is 13.5 Å². The second kappa shape index (κ2) is 5.41. The molecule has 0 aliphatic carbocycles. The van der Waals surface area contributed by atoms with Crippen molar-refractivity contribution >= 4 is 31.6 Å². The number of anilines is 1. The number of benzene rings is 1. The molecule has 0 saturated heterocycles. The normalized spacial score (nSPS) is 11.3. The summed E-state index contributed by atoms with van der Waals surface area (Å²) < 4.78 is 27.5. The van der Waals surface area contributed by atoms with E-state index < -0.39 is 10.0 Å². The number of rotatable bonds is 3. The number of phenols is 1. The Balaban J connectivity index is 2.41. The van der Waals surface area contributed by atoms with Crippen LogP contribution in [0.4, 0.5) is 5.69 Å². The van der Waals surface area contributed by atoms with E-state index in [2.05, 4.69) is 25.6 Å². The minimum absolute atomic E-state index is 0.0475. The van der Waals surface area contributed by atoms with Crippen molar-refractivity contribution in [1.29, 1.82) is 0 Å². The summed E-state index contributed by atoms with van der Waals surface area (Å²) in [4.78, 5) is 3.88. The first-order chi connectivity index (χ1) is 9.31. The van der Waals surface area contributed by atoms with E-state index >= 15 is 0 Å². The molecule has 0 spiro atoms. The van der Waals surface area contributed by atoms with Crippen LogP contribution in [-0.4, -0.2) is 18.5 Å². The van der Waals surface area contributed by atoms with Crippen LogP contribution >= 0.6 is 15.9 Å². The SMILES string of the molecule is Cc1ccc(NS(=O)(=O)c2cncc(Br)c2)c(C)c1O. The number of aromatic nitrogens is 1. The lowest BCUT2D eigenvalue weighted by Gasteiger charge is -2.12. The van der Waals surface area contributed by atoms with Crippen molar-refractivity contribution in [2.75, 3.05) is 4.72 Å². The maximum atomic E-state index is 12.2. The quantitative estimate of drug-likeness (QED) is 0.885. The Kier molecular flexibility index (Phi) is 4.01. The summed E-state index contributed by atoms with van der Waals surface area (Å²) in [6.45, 7) is 3.40. The molecule has 0 fully saturated rings. The van der Waals surface area contributed by atoms with Crippen molar-refractivity contribution in [2.45, 2.75) is 18.7 Å². The topological polar surface area (TPSA) is 79.3 Å². The minimum atomic E-state index is -3.74. The molecular weight excluding hydrogens is 344 g/mol. The summed E-state index contributed by atoms with van der Waals surface area (Å²) in [6, 6.07) is 4.73. The molecule has 20 heavy (non-hydrogen) atoms. The van der Waals surface area contributed by atoms with Crippen LogP contribution in [0.15, 0.2) is 40.0 Å². The van der Waals surface area contributed by atoms with Crippen molar-refractivity contribution in [3.63, 3.8) is 0 Å². The Morgan fingerprint density at radius 2 is 1.95 bits per heavy atom. The van der Waals surface area contributed by atoms with Gasteiger partial charge in [-0.05, 0) is 47.5 Å². The fourth-order valence-electron chi connectivity index (χ4n) is 1.69. The molecule has 0 radical (unpaired) electrons. The van der Waals surface area contributed by atoms with Crippen LogP contribution in [0.5, 0.6) is 5.75 Å². The number of hydrogen-bond acceptors (Lipinski definition) is 4. The van der Waals surface area contributed by atoms with Crippen LogP contribution < -0.4 is 4.72 Å². The number of aromatic hydroxyl groups is 1. The van der Waals surface area contributed by atoms with Crippen LogP contribution in [0.1, 0.15) is 11.1 Å². The molecule has 0 atom stereocenters. The highest BCUT2D eigenvalue weighted by Gasteiger charge is 2.17. The third kappa shape index (κ3) is 2.94. The van der Waals surface area contributed by atoms with E-state index in [9.17, 15) is 13.5 Å². The highest BCUT2D eigenvalue weighted by molar-refractivity contribution is 9.10. The van der Waals surface area contributed by atoms with Gasteiger partial charge in [0.15, 0.2) is 0 Å². The standard InChI is InChI=1S/C13H13BrN2O3S/c1-8-3-4-12(9(2)13(8)17)16-20(18,19)11-5-10(14)6-15-7-11/h3-7,16-17H,1-2H3. The van der Waals surface area contributed by atoms with E-state index in [1.165, 1.54) is 18.5 Å². The van der Waals surface area contributed by atoms with Crippen molar-refractivity contribution in [1.82, 2.24) is 4.98 Å². The summed E-state index contributed by atoms with van der Waals surface area (Å²) in [5.41, 5.74) is 1.51. The Morgan fingerprint density at radius 1 is 1.25 bits per heavy atom. The Labute approximate surface area is 125 Å². The molecule has 2 rings (SSSR count). The van der Waals surface area contributed by atoms with Gasteiger partial charge >= 0.3 is 0 Å². The number of nitrogens with one attached hydrogen (secondary N) is 1. The monoisotopic (exact) mass is 356 g/mol. The molecule has 2 aromatic rings. The van der Waals surface area contributed by atoms with Gasteiger partial charge in [0.2, 0.25) is 0 Å². The van der Waals surface area contributed by atoms with Crippen LogP contribution in [0.25, 0.3) is 0 Å². The van der Waals surface area contributed by atoms with Gasteiger partial charge in [0, 0.05) is 22.4 Å². The van der Waals surface area contributed by atoms with Crippen molar-refractivity contribution in [2.24, 2.45) is 0 Å². The van der Waals surface area contributed by atoms with Crippen LogP contribution in [0, 0.1) is 13.8 Å².